The van der Waals surface area contributed by atoms with Crippen molar-refractivity contribution >= 4 is 27.6 Å². The van der Waals surface area contributed by atoms with Crippen molar-refractivity contribution in [1.29, 1.82) is 0 Å². The molecule has 0 N–H and O–H groups in total. The molecular formula is C24H28N2O5S. The van der Waals surface area contributed by atoms with Crippen LogP contribution < -0.4 is 4.90 Å². The van der Waals surface area contributed by atoms with Crippen molar-refractivity contribution in [2.24, 2.45) is 0 Å². The van der Waals surface area contributed by atoms with E-state index < -0.39 is 22.1 Å². The van der Waals surface area contributed by atoms with E-state index in [1.165, 1.54) is 28.6 Å². The van der Waals surface area contributed by atoms with Crippen molar-refractivity contribution in [1.82, 2.24) is 4.31 Å². The quantitative estimate of drug-likeness (QED) is 0.644. The Bertz CT molecular complexity index is 1090. The molecule has 8 heteroatoms. The molecule has 2 aromatic rings. The van der Waals surface area contributed by atoms with E-state index in [0.717, 1.165) is 43.4 Å². The number of rotatable bonds is 5. The number of carbonyl (C=O) groups excluding carboxylic acids is 2. The fourth-order valence-corrected chi connectivity index (χ4v) is 5.78. The highest BCUT2D eigenvalue weighted by atomic mass is 32.2. The minimum absolute atomic E-state index is 0.161. The van der Waals surface area contributed by atoms with Gasteiger partial charge in [0.15, 0.2) is 6.10 Å². The standard InChI is InChI=1S/C24H28N2O5S/c1-18(23(27)26-17-14-19-8-4-5-9-22(19)26)31-24(28)20-10-12-21(13-11-20)32(29,30)25-15-6-2-3-7-16-25/h4-5,8-13,18H,2-3,6-7,14-17H2,1H3/t18-/m1/s1. The van der Waals surface area contributed by atoms with Crippen molar-refractivity contribution < 1.29 is 22.7 Å². The van der Waals surface area contributed by atoms with Crippen LogP contribution >= 0.6 is 0 Å². The van der Waals surface area contributed by atoms with Crippen LogP contribution in [0.15, 0.2) is 53.4 Å². The number of benzene rings is 2. The average Bonchev–Trinajstić information content (AvgIpc) is 3.03. The molecule has 2 aromatic carbocycles. The predicted molar refractivity (Wildman–Crippen MR) is 121 cm³/mol. The van der Waals surface area contributed by atoms with Crippen LogP contribution in [0.4, 0.5) is 5.69 Å². The van der Waals surface area contributed by atoms with Gasteiger partial charge in [0.05, 0.1) is 10.5 Å². The van der Waals surface area contributed by atoms with Crippen LogP contribution in [0.25, 0.3) is 0 Å². The van der Waals surface area contributed by atoms with Gasteiger partial charge < -0.3 is 9.64 Å². The molecular weight excluding hydrogens is 428 g/mol. The fraction of sp³-hybridized carbons (Fsp3) is 0.417. The molecule has 7 nitrogen and oxygen atoms in total. The SMILES string of the molecule is C[C@@H](OC(=O)c1ccc(S(=O)(=O)N2CCCCCC2)cc1)C(=O)N1CCc2ccccc21. The Labute approximate surface area is 189 Å². The van der Waals surface area contributed by atoms with Crippen molar-refractivity contribution in [3.63, 3.8) is 0 Å². The summed E-state index contributed by atoms with van der Waals surface area (Å²) in [7, 11) is -3.58. The number of amides is 1. The number of esters is 1. The minimum Gasteiger partial charge on any atom is -0.449 e. The summed E-state index contributed by atoms with van der Waals surface area (Å²) in [6.45, 7) is 3.15. The first kappa shape index (κ1) is 22.5. The molecule has 2 aliphatic rings. The normalized spacial score (nSPS) is 18.0. The van der Waals surface area contributed by atoms with Crippen molar-refractivity contribution in [3.8, 4) is 0 Å². The molecule has 1 saturated heterocycles. The first-order valence-corrected chi connectivity index (χ1v) is 12.5. The summed E-state index contributed by atoms with van der Waals surface area (Å²) in [5.41, 5.74) is 2.16. The Hall–Kier alpha value is -2.71. The van der Waals surface area contributed by atoms with E-state index in [0.29, 0.717) is 19.6 Å². The number of nitrogens with zero attached hydrogens (tertiary/aromatic N) is 2. The number of carbonyl (C=O) groups is 2. The minimum atomic E-state index is -3.58. The molecule has 0 aromatic heterocycles. The zero-order valence-electron chi connectivity index (χ0n) is 18.2. The first-order chi connectivity index (χ1) is 15.4. The van der Waals surface area contributed by atoms with Gasteiger partial charge in [0.2, 0.25) is 10.0 Å². The lowest BCUT2D eigenvalue weighted by atomic mass is 10.2. The van der Waals surface area contributed by atoms with Crippen LogP contribution in [0.5, 0.6) is 0 Å². The largest absolute Gasteiger partial charge is 0.449 e. The van der Waals surface area contributed by atoms with E-state index in [9.17, 15) is 18.0 Å². The highest BCUT2D eigenvalue weighted by molar-refractivity contribution is 7.89. The number of fused-ring (bicyclic) bond motifs is 1. The molecule has 32 heavy (non-hydrogen) atoms. The van der Waals surface area contributed by atoms with Crippen LogP contribution in [-0.4, -0.2) is 50.3 Å². The number of hydrogen-bond donors (Lipinski definition) is 0. The van der Waals surface area contributed by atoms with E-state index in [1.807, 2.05) is 24.3 Å². The van der Waals surface area contributed by atoms with Gasteiger partial charge >= 0.3 is 5.97 Å². The number of ether oxygens (including phenoxy) is 1. The number of anilines is 1. The van der Waals surface area contributed by atoms with Crippen LogP contribution in [0, 0.1) is 0 Å². The van der Waals surface area contributed by atoms with Gasteiger partial charge in [-0.1, -0.05) is 31.0 Å². The van der Waals surface area contributed by atoms with Gasteiger partial charge in [-0.05, 0) is 62.1 Å². The highest BCUT2D eigenvalue weighted by Gasteiger charge is 2.30. The van der Waals surface area contributed by atoms with Crippen LogP contribution in [-0.2, 0) is 26.0 Å². The van der Waals surface area contributed by atoms with Gasteiger partial charge in [-0.25, -0.2) is 13.2 Å². The lowest BCUT2D eigenvalue weighted by Crippen LogP contribution is -2.39. The van der Waals surface area contributed by atoms with Gasteiger partial charge in [0.25, 0.3) is 5.91 Å². The van der Waals surface area contributed by atoms with Crippen molar-refractivity contribution in [2.45, 2.75) is 50.0 Å². The molecule has 0 aliphatic carbocycles. The zero-order chi connectivity index (χ0) is 22.7. The summed E-state index contributed by atoms with van der Waals surface area (Å²) >= 11 is 0. The van der Waals surface area contributed by atoms with Gasteiger partial charge in [0, 0.05) is 25.3 Å². The van der Waals surface area contributed by atoms with Gasteiger partial charge in [0.1, 0.15) is 0 Å². The number of sulfonamides is 1. The van der Waals surface area contributed by atoms with E-state index in [4.69, 9.17) is 4.74 Å². The Morgan fingerprint density at radius 2 is 1.56 bits per heavy atom. The van der Waals surface area contributed by atoms with E-state index in [2.05, 4.69) is 0 Å². The maximum absolute atomic E-state index is 12.9. The van der Waals surface area contributed by atoms with Crippen LogP contribution in [0.2, 0.25) is 0 Å². The van der Waals surface area contributed by atoms with Gasteiger partial charge in [-0.3, -0.25) is 4.79 Å². The summed E-state index contributed by atoms with van der Waals surface area (Å²) in [5.74, 6) is -0.930. The highest BCUT2D eigenvalue weighted by Crippen LogP contribution is 2.28. The van der Waals surface area contributed by atoms with E-state index in [-0.39, 0.29) is 16.4 Å². The molecule has 0 bridgehead atoms. The topological polar surface area (TPSA) is 84.0 Å². The summed E-state index contributed by atoms with van der Waals surface area (Å²) in [6, 6.07) is 13.4. The van der Waals surface area contributed by atoms with Gasteiger partial charge in [-0.15, -0.1) is 0 Å². The molecule has 2 heterocycles. The van der Waals surface area contributed by atoms with Crippen molar-refractivity contribution in [2.75, 3.05) is 24.5 Å². The molecule has 0 radical (unpaired) electrons. The summed E-state index contributed by atoms with van der Waals surface area (Å²) in [6.07, 6.45) is 3.62. The maximum atomic E-state index is 12.9. The molecule has 170 valence electrons. The first-order valence-electron chi connectivity index (χ1n) is 11.1. The number of para-hydroxylation sites is 1. The third-order valence-corrected chi connectivity index (χ3v) is 7.99. The molecule has 2 aliphatic heterocycles. The molecule has 1 amide bonds. The molecule has 0 unspecified atom stereocenters. The second kappa shape index (κ2) is 9.42. The monoisotopic (exact) mass is 456 g/mol. The Morgan fingerprint density at radius 3 is 2.25 bits per heavy atom. The third kappa shape index (κ3) is 4.56. The van der Waals surface area contributed by atoms with Crippen LogP contribution in [0.3, 0.4) is 0 Å². The summed E-state index contributed by atoms with van der Waals surface area (Å²) in [5, 5.41) is 0. The lowest BCUT2D eigenvalue weighted by molar-refractivity contribution is -0.126. The molecule has 0 spiro atoms. The molecule has 1 atom stereocenters. The molecule has 1 fully saturated rings. The van der Waals surface area contributed by atoms with Crippen LogP contribution in [0.1, 0.15) is 48.5 Å². The Balaban J connectivity index is 1.41. The smallest absolute Gasteiger partial charge is 0.338 e. The number of hydrogen-bond acceptors (Lipinski definition) is 5. The molecule has 4 rings (SSSR count). The van der Waals surface area contributed by atoms with Gasteiger partial charge in [-0.2, -0.15) is 4.31 Å². The zero-order valence-corrected chi connectivity index (χ0v) is 19.0. The van der Waals surface area contributed by atoms with E-state index in [1.54, 1.807) is 11.8 Å². The summed E-state index contributed by atoms with van der Waals surface area (Å²) in [4.78, 5) is 27.2. The third-order valence-electron chi connectivity index (χ3n) is 6.08. The second-order valence-corrected chi connectivity index (χ2v) is 10.2. The van der Waals surface area contributed by atoms with E-state index >= 15 is 0 Å². The lowest BCUT2D eigenvalue weighted by Gasteiger charge is -2.22. The predicted octanol–water partition coefficient (Wildman–Crippen LogP) is 3.39. The maximum Gasteiger partial charge on any atom is 0.338 e. The second-order valence-electron chi connectivity index (χ2n) is 8.26. The fourth-order valence-electron chi connectivity index (χ4n) is 4.26. The average molecular weight is 457 g/mol. The summed E-state index contributed by atoms with van der Waals surface area (Å²) < 4.78 is 32.7. The molecule has 0 saturated carbocycles. The Morgan fingerprint density at radius 1 is 0.906 bits per heavy atom. The Kier molecular flexibility index (Phi) is 6.62. The van der Waals surface area contributed by atoms with Crippen molar-refractivity contribution in [3.05, 3.63) is 59.7 Å².